The van der Waals surface area contributed by atoms with Crippen LogP contribution in [0.4, 0.5) is 4.79 Å². The van der Waals surface area contributed by atoms with Gasteiger partial charge in [-0.3, -0.25) is 9.59 Å². The molecule has 2 unspecified atom stereocenters. The molecule has 0 saturated carbocycles. The lowest BCUT2D eigenvalue weighted by Gasteiger charge is -2.34. The largest absolute Gasteiger partial charge is 0.444 e. The number of ether oxygens (including phenoxy) is 1. The van der Waals surface area contributed by atoms with E-state index in [1.165, 1.54) is 0 Å². The van der Waals surface area contributed by atoms with Gasteiger partial charge in [-0.1, -0.05) is 79.9 Å². The Morgan fingerprint density at radius 1 is 0.972 bits per heavy atom. The number of benzene rings is 2. The van der Waals surface area contributed by atoms with Gasteiger partial charge in [-0.05, 0) is 52.2 Å². The molecule has 2 aromatic rings. The van der Waals surface area contributed by atoms with Crippen LogP contribution in [0, 0.1) is 6.92 Å². The molecule has 2 aromatic carbocycles. The second-order valence-corrected chi connectivity index (χ2v) is 10.1. The van der Waals surface area contributed by atoms with E-state index in [1.54, 1.807) is 32.6 Å². The van der Waals surface area contributed by atoms with Crippen LogP contribution in [0.3, 0.4) is 0 Å². The first-order valence-electron chi connectivity index (χ1n) is 12.7. The minimum absolute atomic E-state index is 0.267. The second kappa shape index (κ2) is 13.7. The molecular formula is C29H41N3O4. The lowest BCUT2D eigenvalue weighted by Crippen LogP contribution is -2.52. The Labute approximate surface area is 215 Å². The second-order valence-electron chi connectivity index (χ2n) is 10.1. The summed E-state index contributed by atoms with van der Waals surface area (Å²) in [4.78, 5) is 41.2. The Morgan fingerprint density at radius 3 is 2.19 bits per heavy atom. The summed E-state index contributed by atoms with van der Waals surface area (Å²) in [6.45, 7) is 11.7. The van der Waals surface area contributed by atoms with Gasteiger partial charge in [0.1, 0.15) is 17.7 Å². The molecule has 36 heavy (non-hydrogen) atoms. The molecule has 196 valence electrons. The number of carbonyl (C=O) groups excluding carboxylic acids is 3. The van der Waals surface area contributed by atoms with E-state index in [9.17, 15) is 14.4 Å². The molecular weight excluding hydrogens is 454 g/mol. The van der Waals surface area contributed by atoms with Crippen molar-refractivity contribution in [2.24, 2.45) is 0 Å². The van der Waals surface area contributed by atoms with Crippen molar-refractivity contribution in [3.8, 4) is 0 Å². The van der Waals surface area contributed by atoms with E-state index in [4.69, 9.17) is 4.74 Å². The number of amides is 3. The Hall–Kier alpha value is -3.35. The molecule has 7 nitrogen and oxygen atoms in total. The lowest BCUT2D eigenvalue weighted by molar-refractivity contribution is -0.142. The zero-order chi connectivity index (χ0) is 26.7. The monoisotopic (exact) mass is 495 g/mol. The van der Waals surface area contributed by atoms with Crippen LogP contribution in [-0.2, 0) is 20.9 Å². The number of carbonyl (C=O) groups is 3. The lowest BCUT2D eigenvalue weighted by atomic mass is 10.0. The third kappa shape index (κ3) is 9.36. The average molecular weight is 496 g/mol. The molecule has 3 amide bonds. The van der Waals surface area contributed by atoms with Gasteiger partial charge in [0.05, 0.1) is 0 Å². The smallest absolute Gasteiger partial charge is 0.408 e. The summed E-state index contributed by atoms with van der Waals surface area (Å²) in [6, 6.07) is 15.6. The fourth-order valence-corrected chi connectivity index (χ4v) is 3.80. The van der Waals surface area contributed by atoms with Gasteiger partial charge in [0.25, 0.3) is 0 Å². The quantitative estimate of drug-likeness (QED) is 0.415. The van der Waals surface area contributed by atoms with E-state index in [-0.39, 0.29) is 11.8 Å². The maximum Gasteiger partial charge on any atom is 0.408 e. The van der Waals surface area contributed by atoms with Crippen LogP contribution >= 0.6 is 0 Å². The highest BCUT2D eigenvalue weighted by Gasteiger charge is 2.34. The zero-order valence-corrected chi connectivity index (χ0v) is 22.5. The summed E-state index contributed by atoms with van der Waals surface area (Å²) in [7, 11) is 0. The van der Waals surface area contributed by atoms with Crippen molar-refractivity contribution in [3.05, 3.63) is 71.3 Å². The number of unbranched alkanes of at least 4 members (excludes halogenated alkanes) is 2. The van der Waals surface area contributed by atoms with Gasteiger partial charge in [-0.2, -0.15) is 0 Å². The molecule has 2 atom stereocenters. The van der Waals surface area contributed by atoms with E-state index in [1.807, 2.05) is 61.5 Å². The molecule has 0 saturated heterocycles. The molecule has 2 rings (SSSR count). The molecule has 0 aliphatic heterocycles. The number of rotatable bonds is 11. The van der Waals surface area contributed by atoms with Gasteiger partial charge in [0.15, 0.2) is 0 Å². The van der Waals surface area contributed by atoms with Crippen LogP contribution in [0.5, 0.6) is 0 Å². The highest BCUT2D eigenvalue weighted by Crippen LogP contribution is 2.24. The van der Waals surface area contributed by atoms with Crippen molar-refractivity contribution in [2.75, 3.05) is 6.54 Å². The SMILES string of the molecule is CCCCCN(C(=O)C(C)NC(=O)OC(C)(C)C)C(C(=O)NCc1ccccc1)c1ccc(C)cc1. The molecule has 0 bridgehead atoms. The first kappa shape index (κ1) is 28.9. The normalized spacial score (nSPS) is 12.8. The molecule has 0 aromatic heterocycles. The van der Waals surface area contributed by atoms with E-state index >= 15 is 0 Å². The Balaban J connectivity index is 2.33. The van der Waals surface area contributed by atoms with Gasteiger partial charge in [-0.25, -0.2) is 4.79 Å². The van der Waals surface area contributed by atoms with E-state index in [2.05, 4.69) is 17.6 Å². The van der Waals surface area contributed by atoms with Crippen LogP contribution < -0.4 is 10.6 Å². The number of aryl methyl sites for hydroxylation is 1. The van der Waals surface area contributed by atoms with Gasteiger partial charge < -0.3 is 20.3 Å². The van der Waals surface area contributed by atoms with Crippen LogP contribution in [0.15, 0.2) is 54.6 Å². The van der Waals surface area contributed by atoms with Crippen molar-refractivity contribution >= 4 is 17.9 Å². The molecule has 0 aliphatic carbocycles. The molecule has 7 heteroatoms. The predicted octanol–water partition coefficient (Wildman–Crippen LogP) is 5.28. The van der Waals surface area contributed by atoms with Crippen LogP contribution in [0.2, 0.25) is 0 Å². The maximum atomic E-state index is 13.7. The van der Waals surface area contributed by atoms with E-state index in [0.717, 1.165) is 36.0 Å². The first-order chi connectivity index (χ1) is 17.0. The molecule has 0 heterocycles. The molecule has 0 radical (unpaired) electrons. The fraction of sp³-hybridized carbons (Fsp3) is 0.483. The van der Waals surface area contributed by atoms with Crippen molar-refractivity contribution in [1.82, 2.24) is 15.5 Å². The third-order valence-electron chi connectivity index (χ3n) is 5.65. The molecule has 0 aliphatic rings. The number of hydrogen-bond acceptors (Lipinski definition) is 4. The minimum atomic E-state index is -0.864. The fourth-order valence-electron chi connectivity index (χ4n) is 3.80. The zero-order valence-electron chi connectivity index (χ0n) is 22.5. The summed E-state index contributed by atoms with van der Waals surface area (Å²) in [5.74, 6) is -0.602. The Bertz CT molecular complexity index is 984. The summed E-state index contributed by atoms with van der Waals surface area (Å²) >= 11 is 0. The van der Waals surface area contributed by atoms with Crippen molar-refractivity contribution < 1.29 is 19.1 Å². The highest BCUT2D eigenvalue weighted by molar-refractivity contribution is 5.92. The highest BCUT2D eigenvalue weighted by atomic mass is 16.6. The van der Waals surface area contributed by atoms with Gasteiger partial charge >= 0.3 is 6.09 Å². The summed E-state index contributed by atoms with van der Waals surface area (Å²) in [5, 5.41) is 5.64. The Kier molecular flexibility index (Phi) is 11.0. The molecule has 0 fully saturated rings. The van der Waals surface area contributed by atoms with E-state index in [0.29, 0.717) is 13.1 Å². The summed E-state index contributed by atoms with van der Waals surface area (Å²) < 4.78 is 5.33. The third-order valence-corrected chi connectivity index (χ3v) is 5.65. The maximum absolute atomic E-state index is 13.7. The minimum Gasteiger partial charge on any atom is -0.444 e. The average Bonchev–Trinajstić information content (AvgIpc) is 2.82. The van der Waals surface area contributed by atoms with Crippen LogP contribution in [0.1, 0.15) is 76.6 Å². The summed E-state index contributed by atoms with van der Waals surface area (Å²) in [6.07, 6.45) is 1.97. The van der Waals surface area contributed by atoms with Crippen molar-refractivity contribution in [1.29, 1.82) is 0 Å². The summed E-state index contributed by atoms with van der Waals surface area (Å²) in [5.41, 5.74) is 2.07. The van der Waals surface area contributed by atoms with E-state index < -0.39 is 23.8 Å². The molecule has 2 N–H and O–H groups in total. The number of nitrogens with one attached hydrogen (secondary N) is 2. The van der Waals surface area contributed by atoms with Gasteiger partial charge in [0.2, 0.25) is 11.8 Å². The van der Waals surface area contributed by atoms with Crippen molar-refractivity contribution in [2.45, 2.75) is 85.0 Å². The number of hydrogen-bond donors (Lipinski definition) is 2. The predicted molar refractivity (Wildman–Crippen MR) is 142 cm³/mol. The van der Waals surface area contributed by atoms with Crippen molar-refractivity contribution in [3.63, 3.8) is 0 Å². The van der Waals surface area contributed by atoms with Gasteiger partial charge in [-0.15, -0.1) is 0 Å². The topological polar surface area (TPSA) is 87.7 Å². The molecule has 0 spiro atoms. The first-order valence-corrected chi connectivity index (χ1v) is 12.7. The Morgan fingerprint density at radius 2 is 1.61 bits per heavy atom. The number of alkyl carbamates (subject to hydrolysis) is 1. The van der Waals surface area contributed by atoms with Gasteiger partial charge in [0, 0.05) is 13.1 Å². The van der Waals surface area contributed by atoms with Crippen LogP contribution in [-0.4, -0.2) is 41.0 Å². The van der Waals surface area contributed by atoms with Crippen LogP contribution in [0.25, 0.3) is 0 Å². The number of nitrogens with zero attached hydrogens (tertiary/aromatic N) is 1. The standard InChI is InChI=1S/C29H41N3O4/c1-7-8-12-19-32(27(34)22(3)31-28(35)36-29(4,5)6)25(24-17-15-21(2)16-18-24)26(33)30-20-23-13-10-9-11-14-23/h9-11,13-18,22,25H,7-8,12,19-20H2,1-6H3,(H,30,33)(H,31,35).